The molecule has 1 rings (SSSR count). The van der Waals surface area contributed by atoms with E-state index in [1.807, 2.05) is 0 Å². The van der Waals surface area contributed by atoms with Gasteiger partial charge in [0.25, 0.3) is 0 Å². The molecule has 5 unspecified atom stereocenters. The van der Waals surface area contributed by atoms with E-state index in [0.29, 0.717) is 0 Å². The van der Waals surface area contributed by atoms with Crippen LogP contribution in [0, 0.1) is 5.92 Å². The summed E-state index contributed by atoms with van der Waals surface area (Å²) in [6.07, 6.45) is -9.68. The zero-order valence-corrected chi connectivity index (χ0v) is 10.5. The zero-order chi connectivity index (χ0) is 13.2. The predicted octanol–water partition coefficient (Wildman–Crippen LogP) is 2.37. The van der Waals surface area contributed by atoms with E-state index < -0.39 is 35.7 Å². The van der Waals surface area contributed by atoms with Gasteiger partial charge in [-0.15, -0.1) is 13.2 Å². The van der Waals surface area contributed by atoms with Crippen molar-refractivity contribution in [2.45, 2.75) is 42.6 Å². The Labute approximate surface area is 104 Å². The first-order chi connectivity index (χ1) is 7.76. The Morgan fingerprint density at radius 1 is 1.35 bits per heavy atom. The Morgan fingerprint density at radius 2 is 1.94 bits per heavy atom. The molecule has 0 aromatic heterocycles. The maximum absolute atomic E-state index is 13.8. The summed E-state index contributed by atoms with van der Waals surface area (Å²) in [5, 5.41) is 9.41. The summed E-state index contributed by atoms with van der Waals surface area (Å²) in [5.41, 5.74) is 0. The number of ether oxygens (including phenoxy) is 2. The molecule has 0 spiro atoms. The van der Waals surface area contributed by atoms with Crippen LogP contribution in [0.1, 0.15) is 12.8 Å². The first-order valence-electron chi connectivity index (χ1n) is 5.00. The molecule has 0 radical (unpaired) electrons. The third kappa shape index (κ3) is 4.04. The van der Waals surface area contributed by atoms with E-state index in [4.69, 9.17) is 0 Å². The fraction of sp³-hybridized carbons (Fsp3) is 1.00. The van der Waals surface area contributed by atoms with E-state index in [1.165, 1.54) is 0 Å². The standard InChI is InChI=1S/C9H13BrF4O3/c1-16-8(15)6-4(10)2-3-5(7(6)11)17-9(12,13)14/h4-8,15H,2-3H2,1H3. The first-order valence-corrected chi connectivity index (χ1v) is 5.91. The number of halogens is 5. The van der Waals surface area contributed by atoms with E-state index in [9.17, 15) is 22.7 Å². The molecule has 3 nitrogen and oxygen atoms in total. The number of aliphatic hydroxyl groups is 1. The smallest absolute Gasteiger partial charge is 0.368 e. The van der Waals surface area contributed by atoms with Gasteiger partial charge in [0.05, 0.1) is 12.0 Å². The molecule has 17 heavy (non-hydrogen) atoms. The van der Waals surface area contributed by atoms with Gasteiger partial charge in [-0.2, -0.15) is 0 Å². The van der Waals surface area contributed by atoms with Crippen molar-refractivity contribution < 1.29 is 32.1 Å². The maximum Gasteiger partial charge on any atom is 0.522 e. The van der Waals surface area contributed by atoms with E-state index in [0.717, 1.165) is 7.11 Å². The van der Waals surface area contributed by atoms with E-state index in [-0.39, 0.29) is 12.8 Å². The third-order valence-electron chi connectivity index (χ3n) is 2.72. The fourth-order valence-corrected chi connectivity index (χ4v) is 2.73. The normalized spacial score (nSPS) is 36.9. The van der Waals surface area contributed by atoms with Crippen LogP contribution in [0.5, 0.6) is 0 Å². The van der Waals surface area contributed by atoms with Crippen LogP contribution in [-0.2, 0) is 9.47 Å². The van der Waals surface area contributed by atoms with Gasteiger partial charge >= 0.3 is 6.36 Å². The lowest BCUT2D eigenvalue weighted by Crippen LogP contribution is -2.49. The molecule has 0 aromatic rings. The summed E-state index contributed by atoms with van der Waals surface area (Å²) in [5.74, 6) is -1.08. The van der Waals surface area contributed by atoms with Crippen LogP contribution >= 0.6 is 15.9 Å². The first kappa shape index (κ1) is 15.1. The quantitative estimate of drug-likeness (QED) is 0.492. The molecule has 0 amide bonds. The van der Waals surface area contributed by atoms with Crippen LogP contribution in [0.4, 0.5) is 17.6 Å². The number of hydrogen-bond acceptors (Lipinski definition) is 3. The largest absolute Gasteiger partial charge is 0.522 e. The van der Waals surface area contributed by atoms with Crippen LogP contribution in [0.2, 0.25) is 0 Å². The number of rotatable bonds is 3. The molecule has 1 aliphatic carbocycles. The summed E-state index contributed by atoms with van der Waals surface area (Å²) in [6.45, 7) is 0. The predicted molar refractivity (Wildman–Crippen MR) is 54.3 cm³/mol. The van der Waals surface area contributed by atoms with Gasteiger partial charge in [0.2, 0.25) is 0 Å². The van der Waals surface area contributed by atoms with E-state index in [1.54, 1.807) is 0 Å². The van der Waals surface area contributed by atoms with Crippen molar-refractivity contribution in [3.05, 3.63) is 0 Å². The topological polar surface area (TPSA) is 38.7 Å². The summed E-state index contributed by atoms with van der Waals surface area (Å²) in [6, 6.07) is 0. The zero-order valence-electron chi connectivity index (χ0n) is 8.95. The molecule has 0 saturated heterocycles. The molecule has 1 fully saturated rings. The Bertz CT molecular complexity index is 247. The lowest BCUT2D eigenvalue weighted by molar-refractivity contribution is -0.355. The van der Waals surface area contributed by atoms with Crippen molar-refractivity contribution in [2.75, 3.05) is 7.11 Å². The monoisotopic (exact) mass is 324 g/mol. The lowest BCUT2D eigenvalue weighted by Gasteiger charge is -2.38. The van der Waals surface area contributed by atoms with E-state index >= 15 is 0 Å². The van der Waals surface area contributed by atoms with Gasteiger partial charge < -0.3 is 9.84 Å². The van der Waals surface area contributed by atoms with Crippen molar-refractivity contribution in [3.8, 4) is 0 Å². The van der Waals surface area contributed by atoms with Crippen LogP contribution < -0.4 is 0 Å². The fourth-order valence-electron chi connectivity index (χ4n) is 1.91. The molecule has 0 bridgehead atoms. The van der Waals surface area contributed by atoms with Gasteiger partial charge in [0, 0.05) is 11.9 Å². The average molecular weight is 325 g/mol. The van der Waals surface area contributed by atoms with E-state index in [2.05, 4.69) is 25.4 Å². The van der Waals surface area contributed by atoms with Gasteiger partial charge in [-0.25, -0.2) is 4.39 Å². The van der Waals surface area contributed by atoms with Crippen molar-refractivity contribution in [1.29, 1.82) is 0 Å². The Morgan fingerprint density at radius 3 is 2.41 bits per heavy atom. The van der Waals surface area contributed by atoms with Gasteiger partial charge in [-0.3, -0.25) is 4.74 Å². The second kappa shape index (κ2) is 5.81. The minimum absolute atomic E-state index is 0.0659. The molecular weight excluding hydrogens is 312 g/mol. The molecule has 8 heteroatoms. The van der Waals surface area contributed by atoms with Crippen LogP contribution in [0.15, 0.2) is 0 Å². The van der Waals surface area contributed by atoms with Crippen molar-refractivity contribution >= 4 is 15.9 Å². The highest BCUT2D eigenvalue weighted by Gasteiger charge is 2.47. The number of alkyl halides is 5. The second-order valence-electron chi connectivity index (χ2n) is 3.84. The third-order valence-corrected chi connectivity index (χ3v) is 3.79. The molecule has 1 saturated carbocycles. The maximum atomic E-state index is 13.8. The minimum Gasteiger partial charge on any atom is -0.368 e. The van der Waals surface area contributed by atoms with Crippen LogP contribution in [-0.4, -0.2) is 42.0 Å². The number of methoxy groups -OCH3 is 1. The minimum atomic E-state index is -4.88. The van der Waals surface area contributed by atoms with Gasteiger partial charge in [-0.1, -0.05) is 15.9 Å². The molecular formula is C9H13BrF4O3. The Balaban J connectivity index is 2.71. The van der Waals surface area contributed by atoms with Crippen molar-refractivity contribution in [3.63, 3.8) is 0 Å². The van der Waals surface area contributed by atoms with Gasteiger partial charge in [0.15, 0.2) is 6.29 Å². The molecule has 102 valence electrons. The molecule has 0 aromatic carbocycles. The second-order valence-corrected chi connectivity index (χ2v) is 5.02. The molecule has 1 N–H and O–H groups in total. The van der Waals surface area contributed by atoms with Crippen LogP contribution in [0.3, 0.4) is 0 Å². The highest BCUT2D eigenvalue weighted by Crippen LogP contribution is 2.38. The van der Waals surface area contributed by atoms with Crippen molar-refractivity contribution in [2.24, 2.45) is 5.92 Å². The number of aliphatic hydroxyl groups excluding tert-OH is 1. The highest BCUT2D eigenvalue weighted by atomic mass is 79.9. The molecule has 5 atom stereocenters. The molecule has 0 aliphatic heterocycles. The molecule has 0 heterocycles. The Hall–Kier alpha value is 0.0800. The highest BCUT2D eigenvalue weighted by molar-refractivity contribution is 9.09. The summed E-state index contributed by atoms with van der Waals surface area (Å²) < 4.78 is 58.2. The SMILES string of the molecule is COC(O)C1C(Br)CCC(OC(F)(F)F)C1F. The number of hydrogen-bond donors (Lipinski definition) is 1. The summed E-state index contributed by atoms with van der Waals surface area (Å²) >= 11 is 3.13. The Kier molecular flexibility index (Phi) is 5.18. The molecule has 1 aliphatic rings. The van der Waals surface area contributed by atoms with Crippen LogP contribution in [0.25, 0.3) is 0 Å². The summed E-state index contributed by atoms with van der Waals surface area (Å²) in [7, 11) is 1.16. The van der Waals surface area contributed by atoms with Gasteiger partial charge in [-0.05, 0) is 12.8 Å². The summed E-state index contributed by atoms with van der Waals surface area (Å²) in [4.78, 5) is -0.444. The van der Waals surface area contributed by atoms with Crippen molar-refractivity contribution in [1.82, 2.24) is 0 Å². The van der Waals surface area contributed by atoms with Gasteiger partial charge in [0.1, 0.15) is 6.17 Å². The lowest BCUT2D eigenvalue weighted by atomic mass is 9.84. The average Bonchev–Trinajstić information content (AvgIpc) is 2.20.